The van der Waals surface area contributed by atoms with Crippen molar-refractivity contribution >= 4 is 12.0 Å². The third-order valence-electron chi connectivity index (χ3n) is 5.19. The van der Waals surface area contributed by atoms with Crippen molar-refractivity contribution in [3.8, 4) is 29.0 Å². The number of nitrogens with one attached hydrogen (secondary N) is 1. The molecule has 1 unspecified atom stereocenters. The van der Waals surface area contributed by atoms with E-state index in [0.29, 0.717) is 22.8 Å². The van der Waals surface area contributed by atoms with Crippen molar-refractivity contribution in [2.45, 2.75) is 19.9 Å². The van der Waals surface area contributed by atoms with Crippen molar-refractivity contribution in [1.29, 1.82) is 5.26 Å². The molecule has 0 saturated carbocycles. The van der Waals surface area contributed by atoms with Gasteiger partial charge in [-0.15, -0.1) is 0 Å². The average molecular weight is 447 g/mol. The fourth-order valence-electron chi connectivity index (χ4n) is 3.52. The average Bonchev–Trinajstić information content (AvgIpc) is 3.13. The minimum absolute atomic E-state index is 0.400. The van der Waals surface area contributed by atoms with Gasteiger partial charge in [0.1, 0.15) is 6.04 Å². The molecule has 1 atom stereocenters. The van der Waals surface area contributed by atoms with Gasteiger partial charge in [0.05, 0.1) is 38.8 Å². The molecule has 0 radical (unpaired) electrons. The summed E-state index contributed by atoms with van der Waals surface area (Å²) in [5.41, 5.74) is 3.99. The van der Waals surface area contributed by atoms with Gasteiger partial charge in [-0.05, 0) is 49.8 Å². The monoisotopic (exact) mass is 446 g/mol. The molecule has 8 heteroatoms. The number of amides is 1. The summed E-state index contributed by atoms with van der Waals surface area (Å²) >= 11 is 0. The fourth-order valence-corrected chi connectivity index (χ4v) is 3.52. The van der Waals surface area contributed by atoms with Gasteiger partial charge >= 0.3 is 0 Å². The molecule has 0 aliphatic heterocycles. The van der Waals surface area contributed by atoms with Crippen LogP contribution in [-0.2, 0) is 4.79 Å². The van der Waals surface area contributed by atoms with Gasteiger partial charge in [-0.2, -0.15) is 10.4 Å². The van der Waals surface area contributed by atoms with Crippen molar-refractivity contribution in [2.75, 3.05) is 21.3 Å². The van der Waals surface area contributed by atoms with E-state index in [1.54, 1.807) is 18.2 Å². The van der Waals surface area contributed by atoms with E-state index >= 15 is 0 Å². The molecule has 1 heterocycles. The molecule has 0 aliphatic rings. The van der Waals surface area contributed by atoms with Gasteiger partial charge in [0.2, 0.25) is 11.7 Å². The summed E-state index contributed by atoms with van der Waals surface area (Å²) in [5, 5.41) is 17.0. The molecule has 8 nitrogen and oxygen atoms in total. The Morgan fingerprint density at radius 3 is 2.27 bits per heavy atom. The van der Waals surface area contributed by atoms with E-state index in [1.807, 2.05) is 48.9 Å². The van der Waals surface area contributed by atoms with Crippen LogP contribution in [-0.4, -0.2) is 37.0 Å². The number of carbonyl (C=O) groups excluding carboxylic acids is 1. The maximum Gasteiger partial charge on any atom is 0.245 e. The van der Waals surface area contributed by atoms with Gasteiger partial charge in [-0.1, -0.05) is 18.2 Å². The van der Waals surface area contributed by atoms with Crippen LogP contribution in [0.15, 0.2) is 48.5 Å². The van der Waals surface area contributed by atoms with Crippen LogP contribution in [0.25, 0.3) is 11.8 Å². The Labute approximate surface area is 193 Å². The maximum absolute atomic E-state index is 12.6. The topological polar surface area (TPSA) is 98.4 Å². The summed E-state index contributed by atoms with van der Waals surface area (Å²) in [4.78, 5) is 12.6. The summed E-state index contributed by atoms with van der Waals surface area (Å²) < 4.78 is 17.8. The first-order valence-electron chi connectivity index (χ1n) is 10.2. The molecule has 0 spiro atoms. The van der Waals surface area contributed by atoms with Gasteiger partial charge in [0.25, 0.3) is 0 Å². The van der Waals surface area contributed by atoms with Crippen LogP contribution in [0.1, 0.15) is 28.6 Å². The molecule has 3 rings (SSSR count). The molecule has 3 aromatic rings. The van der Waals surface area contributed by atoms with Crippen molar-refractivity contribution < 1.29 is 19.0 Å². The second kappa shape index (κ2) is 10.4. The third kappa shape index (κ3) is 4.99. The van der Waals surface area contributed by atoms with Crippen LogP contribution in [0, 0.1) is 25.2 Å². The van der Waals surface area contributed by atoms with Crippen LogP contribution >= 0.6 is 0 Å². The minimum Gasteiger partial charge on any atom is -0.493 e. The smallest absolute Gasteiger partial charge is 0.245 e. The first kappa shape index (κ1) is 23.4. The first-order chi connectivity index (χ1) is 15.9. The summed E-state index contributed by atoms with van der Waals surface area (Å²) in [6.45, 7) is 3.83. The zero-order chi connectivity index (χ0) is 24.0. The highest BCUT2D eigenvalue weighted by Gasteiger charge is 2.20. The predicted octanol–water partition coefficient (Wildman–Crippen LogP) is 3.91. The van der Waals surface area contributed by atoms with Crippen LogP contribution in [0.5, 0.6) is 17.2 Å². The van der Waals surface area contributed by atoms with E-state index in [-0.39, 0.29) is 0 Å². The quantitative estimate of drug-likeness (QED) is 0.527. The molecule has 0 saturated heterocycles. The van der Waals surface area contributed by atoms with Gasteiger partial charge in [-0.25, -0.2) is 4.68 Å². The highest BCUT2D eigenvalue weighted by atomic mass is 16.5. The Bertz CT molecular complexity index is 1180. The van der Waals surface area contributed by atoms with Gasteiger partial charge in [-0.3, -0.25) is 4.79 Å². The number of carbonyl (C=O) groups is 1. The van der Waals surface area contributed by atoms with Crippen LogP contribution < -0.4 is 19.5 Å². The van der Waals surface area contributed by atoms with E-state index in [4.69, 9.17) is 14.2 Å². The van der Waals surface area contributed by atoms with Gasteiger partial charge in [0, 0.05) is 17.3 Å². The Hall–Kier alpha value is -4.25. The third-order valence-corrected chi connectivity index (χ3v) is 5.19. The normalized spacial score (nSPS) is 11.6. The summed E-state index contributed by atoms with van der Waals surface area (Å²) in [6, 6.07) is 14.2. The molecule has 33 heavy (non-hydrogen) atoms. The summed E-state index contributed by atoms with van der Waals surface area (Å²) in [7, 11) is 4.48. The predicted molar refractivity (Wildman–Crippen MR) is 125 cm³/mol. The number of ether oxygens (including phenoxy) is 3. The summed E-state index contributed by atoms with van der Waals surface area (Å²) in [6.07, 6.45) is 3.10. The Balaban J connectivity index is 1.82. The van der Waals surface area contributed by atoms with Crippen LogP contribution in [0.4, 0.5) is 0 Å². The van der Waals surface area contributed by atoms with Gasteiger partial charge in [0.15, 0.2) is 11.5 Å². The van der Waals surface area contributed by atoms with Crippen molar-refractivity contribution in [1.82, 2.24) is 15.1 Å². The van der Waals surface area contributed by atoms with E-state index in [2.05, 4.69) is 16.5 Å². The SMILES string of the molecule is COc1cc(C(C#N)NC(=O)/C=C/c2c(C)nn(-c3ccccc3)c2C)cc(OC)c1OC. The Morgan fingerprint density at radius 1 is 1.09 bits per heavy atom. The number of hydrogen-bond acceptors (Lipinski definition) is 6. The second-order valence-electron chi connectivity index (χ2n) is 7.19. The summed E-state index contributed by atoms with van der Waals surface area (Å²) in [5.74, 6) is 0.794. The number of rotatable bonds is 8. The van der Waals surface area contributed by atoms with E-state index in [1.165, 1.54) is 27.4 Å². The molecule has 1 amide bonds. The highest BCUT2D eigenvalue weighted by Crippen LogP contribution is 2.39. The Morgan fingerprint density at radius 2 is 1.73 bits per heavy atom. The van der Waals surface area contributed by atoms with Crippen LogP contribution in [0.2, 0.25) is 0 Å². The van der Waals surface area contributed by atoms with E-state index in [9.17, 15) is 10.1 Å². The molecule has 0 fully saturated rings. The van der Waals surface area contributed by atoms with Crippen molar-refractivity contribution in [3.05, 3.63) is 71.1 Å². The molecule has 2 aromatic carbocycles. The van der Waals surface area contributed by atoms with Crippen LogP contribution in [0.3, 0.4) is 0 Å². The van der Waals surface area contributed by atoms with Crippen molar-refractivity contribution in [3.63, 3.8) is 0 Å². The number of hydrogen-bond donors (Lipinski definition) is 1. The highest BCUT2D eigenvalue weighted by molar-refractivity contribution is 5.92. The Kier molecular flexibility index (Phi) is 7.36. The number of nitrogens with zero attached hydrogens (tertiary/aromatic N) is 3. The van der Waals surface area contributed by atoms with E-state index in [0.717, 1.165) is 22.6 Å². The maximum atomic E-state index is 12.6. The molecular formula is C25H26N4O4. The number of para-hydroxylation sites is 1. The number of aryl methyl sites for hydroxylation is 1. The fraction of sp³-hybridized carbons (Fsp3) is 0.240. The number of methoxy groups -OCH3 is 3. The molecule has 1 N–H and O–H groups in total. The standard InChI is InChI=1S/C25H26N4O4/c1-16-20(17(2)29(28-16)19-9-7-6-8-10-19)11-12-24(30)27-21(15-26)18-13-22(31-3)25(33-5)23(14-18)32-4/h6-14,21H,1-5H3,(H,27,30)/b12-11+. The molecule has 170 valence electrons. The zero-order valence-electron chi connectivity index (χ0n) is 19.2. The van der Waals surface area contributed by atoms with E-state index < -0.39 is 11.9 Å². The lowest BCUT2D eigenvalue weighted by molar-refractivity contribution is -0.116. The largest absolute Gasteiger partial charge is 0.493 e. The molecule has 0 aliphatic carbocycles. The number of benzene rings is 2. The first-order valence-corrected chi connectivity index (χ1v) is 10.2. The molecular weight excluding hydrogens is 420 g/mol. The molecule has 0 bridgehead atoms. The lowest BCUT2D eigenvalue weighted by Gasteiger charge is -2.17. The lowest BCUT2D eigenvalue weighted by Crippen LogP contribution is -2.25. The van der Waals surface area contributed by atoms with Crippen molar-refractivity contribution in [2.24, 2.45) is 0 Å². The number of aromatic nitrogens is 2. The second-order valence-corrected chi connectivity index (χ2v) is 7.19. The molecule has 1 aromatic heterocycles. The number of nitriles is 1. The lowest BCUT2D eigenvalue weighted by atomic mass is 10.1. The van der Waals surface area contributed by atoms with Gasteiger partial charge < -0.3 is 19.5 Å². The zero-order valence-corrected chi connectivity index (χ0v) is 19.2. The minimum atomic E-state index is -0.912.